The summed E-state index contributed by atoms with van der Waals surface area (Å²) in [4.78, 5) is 22.5. The molecule has 1 rings (SSSR count). The zero-order valence-corrected chi connectivity index (χ0v) is 10.6. The van der Waals surface area contributed by atoms with Crippen molar-refractivity contribution in [2.45, 2.75) is 26.9 Å². The third-order valence-corrected chi connectivity index (χ3v) is 2.36. The van der Waals surface area contributed by atoms with Crippen LogP contribution in [0.5, 0.6) is 5.75 Å². The number of ether oxygens (including phenoxy) is 1. The van der Waals surface area contributed by atoms with Crippen molar-refractivity contribution < 1.29 is 18.7 Å². The van der Waals surface area contributed by atoms with E-state index in [1.165, 1.54) is 26.0 Å². The first-order valence-electron chi connectivity index (χ1n) is 5.70. The number of hydrogen-bond donors (Lipinski definition) is 1. The molecule has 0 heterocycles. The first kappa shape index (κ1) is 14.2. The van der Waals surface area contributed by atoms with Gasteiger partial charge in [0.2, 0.25) is 0 Å². The Labute approximate surface area is 105 Å². The van der Waals surface area contributed by atoms with Crippen LogP contribution in [0, 0.1) is 5.82 Å². The Morgan fingerprint density at radius 3 is 2.61 bits per heavy atom. The van der Waals surface area contributed by atoms with E-state index in [9.17, 15) is 14.0 Å². The van der Waals surface area contributed by atoms with E-state index in [0.717, 1.165) is 6.07 Å². The summed E-state index contributed by atoms with van der Waals surface area (Å²) in [6.07, 6.45) is -0.789. The summed E-state index contributed by atoms with van der Waals surface area (Å²) in [5.41, 5.74) is 0.269. The molecule has 0 aliphatic heterocycles. The molecule has 1 unspecified atom stereocenters. The Hall–Kier alpha value is -1.91. The molecule has 0 aromatic heterocycles. The van der Waals surface area contributed by atoms with Crippen LogP contribution in [0.1, 0.15) is 31.1 Å². The van der Waals surface area contributed by atoms with Crippen LogP contribution >= 0.6 is 0 Å². The Kier molecular flexibility index (Phi) is 4.83. The molecule has 0 radical (unpaired) electrons. The van der Waals surface area contributed by atoms with Crippen molar-refractivity contribution in [2.75, 3.05) is 6.54 Å². The van der Waals surface area contributed by atoms with Gasteiger partial charge in [0, 0.05) is 12.1 Å². The molecule has 0 saturated heterocycles. The van der Waals surface area contributed by atoms with E-state index >= 15 is 0 Å². The number of hydrogen-bond acceptors (Lipinski definition) is 3. The lowest BCUT2D eigenvalue weighted by Gasteiger charge is -2.14. The van der Waals surface area contributed by atoms with Gasteiger partial charge in [-0.25, -0.2) is 4.39 Å². The van der Waals surface area contributed by atoms with E-state index < -0.39 is 11.9 Å². The van der Waals surface area contributed by atoms with Crippen LogP contribution in [0.2, 0.25) is 0 Å². The summed E-state index contributed by atoms with van der Waals surface area (Å²) in [5.74, 6) is -1.23. The zero-order valence-electron chi connectivity index (χ0n) is 10.6. The second kappa shape index (κ2) is 6.14. The van der Waals surface area contributed by atoms with E-state index in [2.05, 4.69) is 5.32 Å². The molecule has 98 valence electrons. The maximum atomic E-state index is 13.6. The Balaban J connectivity index is 2.79. The first-order chi connectivity index (χ1) is 8.45. The second-order valence-electron chi connectivity index (χ2n) is 3.86. The molecular weight excluding hydrogens is 237 g/mol. The lowest BCUT2D eigenvalue weighted by Crippen LogP contribution is -2.36. The summed E-state index contributed by atoms with van der Waals surface area (Å²) >= 11 is 0. The predicted molar refractivity (Wildman–Crippen MR) is 65.2 cm³/mol. The number of carbonyl (C=O) groups excluding carboxylic acids is 2. The van der Waals surface area contributed by atoms with Crippen LogP contribution in [0.15, 0.2) is 18.2 Å². The average Bonchev–Trinajstić information content (AvgIpc) is 2.31. The third kappa shape index (κ3) is 3.55. The molecule has 0 aliphatic carbocycles. The fourth-order valence-electron chi connectivity index (χ4n) is 1.38. The van der Waals surface area contributed by atoms with Gasteiger partial charge in [0.05, 0.1) is 0 Å². The highest BCUT2D eigenvalue weighted by atomic mass is 19.1. The van der Waals surface area contributed by atoms with Gasteiger partial charge in [0.15, 0.2) is 23.5 Å². The van der Waals surface area contributed by atoms with E-state index in [1.807, 2.05) is 0 Å². The van der Waals surface area contributed by atoms with Gasteiger partial charge in [-0.2, -0.15) is 0 Å². The van der Waals surface area contributed by atoms with Gasteiger partial charge in [-0.05, 0) is 39.0 Å². The maximum absolute atomic E-state index is 13.6. The molecule has 0 saturated carbocycles. The van der Waals surface area contributed by atoms with Gasteiger partial charge in [-0.15, -0.1) is 0 Å². The molecule has 0 fully saturated rings. The number of Topliss-reactive ketones (excluding diaryl/α,β-unsaturated/α-hetero) is 1. The molecule has 1 N–H and O–H groups in total. The lowest BCUT2D eigenvalue weighted by atomic mass is 10.1. The number of nitrogens with one attached hydrogen (secondary N) is 1. The highest BCUT2D eigenvalue weighted by molar-refractivity contribution is 5.94. The number of benzene rings is 1. The Morgan fingerprint density at radius 1 is 1.44 bits per heavy atom. The number of rotatable bonds is 5. The predicted octanol–water partition coefficient (Wildman–Crippen LogP) is 1.93. The second-order valence-corrected chi connectivity index (χ2v) is 3.86. The van der Waals surface area contributed by atoms with Crippen molar-refractivity contribution in [2.24, 2.45) is 0 Å². The standard InChI is InChI=1S/C13H16FNO3/c1-4-15-13(17)9(3)18-12-6-5-10(8(2)16)7-11(12)14/h5-7,9H,4H2,1-3H3,(H,15,17). The minimum absolute atomic E-state index is 0.0428. The van der Waals surface area contributed by atoms with Gasteiger partial charge in [0.25, 0.3) is 5.91 Å². The monoisotopic (exact) mass is 253 g/mol. The molecule has 0 bridgehead atoms. The lowest BCUT2D eigenvalue weighted by molar-refractivity contribution is -0.127. The molecule has 5 heteroatoms. The van der Waals surface area contributed by atoms with Gasteiger partial charge < -0.3 is 10.1 Å². The molecule has 1 aromatic carbocycles. The number of amides is 1. The minimum Gasteiger partial charge on any atom is -0.478 e. The largest absolute Gasteiger partial charge is 0.478 e. The molecular formula is C13H16FNO3. The Morgan fingerprint density at radius 2 is 2.11 bits per heavy atom. The molecule has 1 atom stereocenters. The minimum atomic E-state index is -0.789. The molecule has 1 amide bonds. The highest BCUT2D eigenvalue weighted by Gasteiger charge is 2.16. The van der Waals surface area contributed by atoms with Gasteiger partial charge in [-0.3, -0.25) is 9.59 Å². The molecule has 1 aromatic rings. The van der Waals surface area contributed by atoms with Crippen LogP contribution < -0.4 is 10.1 Å². The number of likely N-dealkylation sites (N-methyl/N-ethyl adjacent to an activating group) is 1. The first-order valence-corrected chi connectivity index (χ1v) is 5.70. The van der Waals surface area contributed by atoms with E-state index in [-0.39, 0.29) is 23.0 Å². The van der Waals surface area contributed by atoms with Gasteiger partial charge >= 0.3 is 0 Å². The van der Waals surface area contributed by atoms with E-state index in [4.69, 9.17) is 4.74 Å². The molecule has 0 aliphatic rings. The zero-order chi connectivity index (χ0) is 13.7. The Bertz CT molecular complexity index is 460. The topological polar surface area (TPSA) is 55.4 Å². The van der Waals surface area contributed by atoms with Crippen molar-refractivity contribution in [1.82, 2.24) is 5.32 Å². The summed E-state index contributed by atoms with van der Waals surface area (Å²) in [6, 6.07) is 3.91. The van der Waals surface area contributed by atoms with Crippen LogP contribution in [0.25, 0.3) is 0 Å². The maximum Gasteiger partial charge on any atom is 0.260 e. The summed E-state index contributed by atoms with van der Waals surface area (Å²) in [7, 11) is 0. The molecule has 18 heavy (non-hydrogen) atoms. The summed E-state index contributed by atoms with van der Waals surface area (Å²) in [6.45, 7) is 5.15. The quantitative estimate of drug-likeness (QED) is 0.816. The van der Waals surface area contributed by atoms with Crippen LogP contribution in [-0.2, 0) is 4.79 Å². The SMILES string of the molecule is CCNC(=O)C(C)Oc1ccc(C(C)=O)cc1F. The highest BCUT2D eigenvalue weighted by Crippen LogP contribution is 2.20. The fourth-order valence-corrected chi connectivity index (χ4v) is 1.38. The molecule has 0 spiro atoms. The summed E-state index contributed by atoms with van der Waals surface area (Å²) in [5, 5.41) is 2.57. The summed E-state index contributed by atoms with van der Waals surface area (Å²) < 4.78 is 18.8. The van der Waals surface area contributed by atoms with E-state index in [1.54, 1.807) is 6.92 Å². The van der Waals surface area contributed by atoms with Crippen molar-refractivity contribution >= 4 is 11.7 Å². The van der Waals surface area contributed by atoms with Crippen molar-refractivity contribution in [3.05, 3.63) is 29.6 Å². The van der Waals surface area contributed by atoms with Crippen LogP contribution in [0.3, 0.4) is 0 Å². The number of halogens is 1. The van der Waals surface area contributed by atoms with Crippen molar-refractivity contribution in [3.8, 4) is 5.75 Å². The third-order valence-electron chi connectivity index (χ3n) is 2.36. The number of carbonyl (C=O) groups is 2. The van der Waals surface area contributed by atoms with Crippen molar-refractivity contribution in [1.29, 1.82) is 0 Å². The van der Waals surface area contributed by atoms with Crippen LogP contribution in [0.4, 0.5) is 4.39 Å². The van der Waals surface area contributed by atoms with Gasteiger partial charge in [0.1, 0.15) is 0 Å². The van der Waals surface area contributed by atoms with E-state index in [0.29, 0.717) is 6.54 Å². The fraction of sp³-hybridized carbons (Fsp3) is 0.385. The number of ketones is 1. The smallest absolute Gasteiger partial charge is 0.260 e. The van der Waals surface area contributed by atoms with Crippen molar-refractivity contribution in [3.63, 3.8) is 0 Å². The molecule has 4 nitrogen and oxygen atoms in total. The normalized spacial score (nSPS) is 11.8. The van der Waals surface area contributed by atoms with Gasteiger partial charge in [-0.1, -0.05) is 0 Å². The van der Waals surface area contributed by atoms with Crippen LogP contribution in [-0.4, -0.2) is 24.3 Å². The average molecular weight is 253 g/mol.